The highest BCUT2D eigenvalue weighted by molar-refractivity contribution is 7.98. The molecule has 166 valence electrons. The van der Waals surface area contributed by atoms with Gasteiger partial charge in [-0.1, -0.05) is 11.8 Å². The van der Waals surface area contributed by atoms with E-state index in [0.29, 0.717) is 41.6 Å². The zero-order valence-corrected chi connectivity index (χ0v) is 18.1. The van der Waals surface area contributed by atoms with Crippen molar-refractivity contribution in [1.82, 2.24) is 9.55 Å². The minimum absolute atomic E-state index is 0.202. The second-order valence-corrected chi connectivity index (χ2v) is 7.63. The van der Waals surface area contributed by atoms with E-state index in [-0.39, 0.29) is 12.4 Å². The van der Waals surface area contributed by atoms with Gasteiger partial charge in [-0.05, 0) is 56.2 Å². The van der Waals surface area contributed by atoms with Gasteiger partial charge in [0.15, 0.2) is 22.6 Å². The molecule has 0 saturated heterocycles. The first kappa shape index (κ1) is 23.1. The molecule has 5 nitrogen and oxygen atoms in total. The molecule has 3 aromatic rings. The zero-order chi connectivity index (χ0) is 22.4. The monoisotopic (exact) mass is 452 g/mol. The summed E-state index contributed by atoms with van der Waals surface area (Å²) in [5, 5.41) is 0.623. The van der Waals surface area contributed by atoms with Crippen molar-refractivity contribution in [2.45, 2.75) is 37.7 Å². The van der Waals surface area contributed by atoms with Gasteiger partial charge in [-0.2, -0.15) is 0 Å². The second-order valence-electron chi connectivity index (χ2n) is 6.68. The number of nitrogens with zero attached hydrogens (tertiary/aromatic N) is 2. The third kappa shape index (κ3) is 5.59. The molecular formula is C22H23F3N2O3S. The van der Waals surface area contributed by atoms with Crippen LogP contribution in [0, 0.1) is 17.5 Å². The Morgan fingerprint density at radius 1 is 1.10 bits per heavy atom. The first-order chi connectivity index (χ1) is 14.9. The number of aromatic nitrogens is 2. The Balaban J connectivity index is 1.88. The van der Waals surface area contributed by atoms with Crippen molar-refractivity contribution in [3.63, 3.8) is 0 Å². The lowest BCUT2D eigenvalue weighted by molar-refractivity contribution is 0.0526. The maximum atomic E-state index is 13.5. The van der Waals surface area contributed by atoms with Crippen molar-refractivity contribution in [2.75, 3.05) is 19.8 Å². The number of thioether (sulfide) groups is 1. The van der Waals surface area contributed by atoms with E-state index in [2.05, 4.69) is 4.98 Å². The molecule has 0 N–H and O–H groups in total. The van der Waals surface area contributed by atoms with Crippen LogP contribution in [-0.2, 0) is 21.8 Å². The number of imidazole rings is 1. The molecular weight excluding hydrogens is 429 g/mol. The smallest absolute Gasteiger partial charge is 0.338 e. The lowest BCUT2D eigenvalue weighted by Crippen LogP contribution is -2.05. The summed E-state index contributed by atoms with van der Waals surface area (Å²) in [5.74, 6) is -4.15. The van der Waals surface area contributed by atoms with Crippen molar-refractivity contribution in [1.29, 1.82) is 0 Å². The van der Waals surface area contributed by atoms with Crippen molar-refractivity contribution in [3.8, 4) is 0 Å². The number of carbonyl (C=O) groups is 1. The molecule has 1 aromatic heterocycles. The molecule has 0 spiro atoms. The van der Waals surface area contributed by atoms with Crippen molar-refractivity contribution in [2.24, 2.45) is 0 Å². The van der Waals surface area contributed by atoms with Crippen molar-refractivity contribution in [3.05, 3.63) is 58.9 Å². The number of halogens is 3. The number of esters is 1. The van der Waals surface area contributed by atoms with Gasteiger partial charge in [-0.15, -0.1) is 0 Å². The number of fused-ring (bicyclic) bond motifs is 1. The number of aryl methyl sites for hydroxylation is 1. The molecule has 0 aliphatic carbocycles. The van der Waals surface area contributed by atoms with Crippen LogP contribution < -0.4 is 0 Å². The van der Waals surface area contributed by atoms with Crippen molar-refractivity contribution >= 4 is 28.8 Å². The third-order valence-electron chi connectivity index (χ3n) is 4.51. The Labute approximate surface area is 182 Å². The van der Waals surface area contributed by atoms with Gasteiger partial charge < -0.3 is 14.0 Å². The van der Waals surface area contributed by atoms with Gasteiger partial charge >= 0.3 is 5.97 Å². The molecule has 3 rings (SSSR count). The Kier molecular flexibility index (Phi) is 7.97. The molecule has 0 fully saturated rings. The fourth-order valence-electron chi connectivity index (χ4n) is 3.08. The number of hydrogen-bond donors (Lipinski definition) is 0. The minimum atomic E-state index is -1.48. The zero-order valence-electron chi connectivity index (χ0n) is 17.3. The highest BCUT2D eigenvalue weighted by Crippen LogP contribution is 2.29. The van der Waals surface area contributed by atoms with Gasteiger partial charge in [-0.25, -0.2) is 22.9 Å². The molecule has 0 aliphatic heterocycles. The molecule has 0 amide bonds. The van der Waals surface area contributed by atoms with Crippen LogP contribution in [0.25, 0.3) is 11.0 Å². The van der Waals surface area contributed by atoms with E-state index in [9.17, 15) is 18.0 Å². The largest absolute Gasteiger partial charge is 0.462 e. The van der Waals surface area contributed by atoms with E-state index in [1.54, 1.807) is 25.1 Å². The predicted octanol–water partition coefficient (Wildman–Crippen LogP) is 5.35. The van der Waals surface area contributed by atoms with E-state index in [1.165, 1.54) is 11.8 Å². The first-order valence-corrected chi connectivity index (χ1v) is 10.9. The summed E-state index contributed by atoms with van der Waals surface area (Å²) in [6.45, 7) is 5.75. The number of ether oxygens (including phenoxy) is 2. The van der Waals surface area contributed by atoms with E-state index < -0.39 is 23.4 Å². The first-order valence-electron chi connectivity index (χ1n) is 9.96. The summed E-state index contributed by atoms with van der Waals surface area (Å²) < 4.78 is 52.7. The van der Waals surface area contributed by atoms with Gasteiger partial charge in [-0.3, -0.25) is 0 Å². The molecule has 0 unspecified atom stereocenters. The van der Waals surface area contributed by atoms with Crippen LogP contribution in [0.3, 0.4) is 0 Å². The standard InChI is InChI=1S/C22H23F3N2O3S/c1-3-29-9-5-8-27-19-7-6-15(21(28)30-4-2)12-18(19)26-22(27)31-13-14-10-16(23)20(25)17(24)11-14/h6-7,10-12H,3-5,8-9,13H2,1-2H3. The van der Waals surface area contributed by atoms with E-state index >= 15 is 0 Å². The van der Waals surface area contributed by atoms with Gasteiger partial charge in [0.2, 0.25) is 0 Å². The Morgan fingerprint density at radius 2 is 1.84 bits per heavy atom. The summed E-state index contributed by atoms with van der Waals surface area (Å²) >= 11 is 1.28. The van der Waals surface area contributed by atoms with Gasteiger partial charge in [0.25, 0.3) is 0 Å². The molecule has 1 heterocycles. The van der Waals surface area contributed by atoms with Crippen LogP contribution in [-0.4, -0.2) is 35.3 Å². The number of rotatable bonds is 10. The fourth-order valence-corrected chi connectivity index (χ4v) is 4.05. The maximum Gasteiger partial charge on any atom is 0.338 e. The molecule has 0 aliphatic rings. The lowest BCUT2D eigenvalue weighted by Gasteiger charge is -2.10. The average Bonchev–Trinajstić information content (AvgIpc) is 3.10. The van der Waals surface area contributed by atoms with E-state index in [0.717, 1.165) is 24.1 Å². The molecule has 0 bridgehead atoms. The van der Waals surface area contributed by atoms with Crippen LogP contribution >= 0.6 is 11.8 Å². The summed E-state index contributed by atoms with van der Waals surface area (Å²) in [7, 11) is 0. The summed E-state index contributed by atoms with van der Waals surface area (Å²) in [6, 6.07) is 7.10. The van der Waals surface area contributed by atoms with Crippen LogP contribution in [0.2, 0.25) is 0 Å². The topological polar surface area (TPSA) is 53.4 Å². The lowest BCUT2D eigenvalue weighted by atomic mass is 10.2. The Hall–Kier alpha value is -2.52. The molecule has 9 heteroatoms. The third-order valence-corrected chi connectivity index (χ3v) is 5.56. The van der Waals surface area contributed by atoms with Crippen LogP contribution in [0.15, 0.2) is 35.5 Å². The molecule has 0 atom stereocenters. The normalized spacial score (nSPS) is 11.3. The Bertz CT molecular complexity index is 1050. The van der Waals surface area contributed by atoms with E-state index in [4.69, 9.17) is 9.47 Å². The maximum absolute atomic E-state index is 13.5. The van der Waals surface area contributed by atoms with Crippen LogP contribution in [0.1, 0.15) is 36.2 Å². The number of benzene rings is 2. The predicted molar refractivity (Wildman–Crippen MR) is 113 cm³/mol. The fraction of sp³-hybridized carbons (Fsp3) is 0.364. The average molecular weight is 452 g/mol. The Morgan fingerprint density at radius 3 is 2.52 bits per heavy atom. The molecule has 0 radical (unpaired) electrons. The quantitative estimate of drug-likeness (QED) is 0.180. The summed E-state index contributed by atoms with van der Waals surface area (Å²) in [6.07, 6.45) is 0.742. The highest BCUT2D eigenvalue weighted by Gasteiger charge is 2.16. The SMILES string of the molecule is CCOCCCn1c(SCc2cc(F)c(F)c(F)c2)nc2cc(C(=O)OCC)ccc21. The van der Waals surface area contributed by atoms with Crippen LogP contribution in [0.5, 0.6) is 0 Å². The van der Waals surface area contributed by atoms with Crippen LogP contribution in [0.4, 0.5) is 13.2 Å². The minimum Gasteiger partial charge on any atom is -0.462 e. The van der Waals surface area contributed by atoms with E-state index in [1.807, 2.05) is 11.5 Å². The number of carbonyl (C=O) groups excluding carboxylic acids is 1. The van der Waals surface area contributed by atoms with Gasteiger partial charge in [0, 0.05) is 25.5 Å². The number of hydrogen-bond acceptors (Lipinski definition) is 5. The molecule has 31 heavy (non-hydrogen) atoms. The second kappa shape index (κ2) is 10.7. The summed E-state index contributed by atoms with van der Waals surface area (Å²) in [4.78, 5) is 16.7. The molecule has 2 aromatic carbocycles. The van der Waals surface area contributed by atoms with Gasteiger partial charge in [0.1, 0.15) is 0 Å². The van der Waals surface area contributed by atoms with Crippen molar-refractivity contribution < 1.29 is 27.4 Å². The summed E-state index contributed by atoms with van der Waals surface area (Å²) in [5.41, 5.74) is 2.14. The molecule has 0 saturated carbocycles. The van der Waals surface area contributed by atoms with Gasteiger partial charge in [0.05, 0.1) is 23.2 Å². The highest BCUT2D eigenvalue weighted by atomic mass is 32.2.